The summed E-state index contributed by atoms with van der Waals surface area (Å²) in [5, 5.41) is 7.08. The third kappa shape index (κ3) is 3.42. The van der Waals surface area contributed by atoms with Crippen LogP contribution in [0.2, 0.25) is 0 Å². The summed E-state index contributed by atoms with van der Waals surface area (Å²) in [4.78, 5) is 13.9. The lowest BCUT2D eigenvalue weighted by Crippen LogP contribution is -2.49. The highest BCUT2D eigenvalue weighted by Crippen LogP contribution is 2.14. The second-order valence-electron chi connectivity index (χ2n) is 5.61. The van der Waals surface area contributed by atoms with Crippen LogP contribution in [0.15, 0.2) is 0 Å². The van der Waals surface area contributed by atoms with Crippen molar-refractivity contribution in [1.29, 1.82) is 0 Å². The Morgan fingerprint density at radius 2 is 1.94 bits per heavy atom. The number of nitrogens with zero attached hydrogens (tertiary/aromatic N) is 1. The highest BCUT2D eigenvalue weighted by molar-refractivity contribution is 5.78. The van der Waals surface area contributed by atoms with E-state index in [1.165, 1.54) is 6.42 Å². The molecule has 1 atom stereocenters. The smallest absolute Gasteiger partial charge is 0.225 e. The van der Waals surface area contributed by atoms with Gasteiger partial charge in [-0.2, -0.15) is 0 Å². The fourth-order valence-electron chi connectivity index (χ4n) is 2.76. The van der Waals surface area contributed by atoms with E-state index in [1.54, 1.807) is 0 Å². The lowest BCUT2D eigenvalue weighted by atomic mass is 10.0. The first kappa shape index (κ1) is 12.8. The van der Waals surface area contributed by atoms with E-state index >= 15 is 0 Å². The number of carbonyl (C=O) groups is 1. The van der Waals surface area contributed by atoms with Crippen LogP contribution in [-0.2, 0) is 4.79 Å². The third-order valence-corrected chi connectivity index (χ3v) is 3.83. The minimum Gasteiger partial charge on any atom is -0.342 e. The molecule has 2 N–H and O–H groups in total. The van der Waals surface area contributed by atoms with Gasteiger partial charge in [-0.05, 0) is 25.8 Å². The molecule has 2 fully saturated rings. The van der Waals surface area contributed by atoms with Crippen LogP contribution in [0, 0.1) is 5.92 Å². The second kappa shape index (κ2) is 5.83. The van der Waals surface area contributed by atoms with Crippen LogP contribution >= 0.6 is 0 Å². The minimum absolute atomic E-state index is 0.138. The summed E-state index contributed by atoms with van der Waals surface area (Å²) in [5.74, 6) is 0.449. The van der Waals surface area contributed by atoms with Gasteiger partial charge in [-0.3, -0.25) is 4.79 Å². The van der Waals surface area contributed by atoms with E-state index in [1.807, 2.05) is 18.7 Å². The Labute approximate surface area is 104 Å². The topological polar surface area (TPSA) is 44.4 Å². The Morgan fingerprint density at radius 1 is 1.24 bits per heavy atom. The van der Waals surface area contributed by atoms with E-state index < -0.39 is 0 Å². The summed E-state index contributed by atoms with van der Waals surface area (Å²) < 4.78 is 0. The molecule has 2 aliphatic rings. The number of hydrogen-bond donors (Lipinski definition) is 2. The standard InChI is InChI=1S/C13H25N3O/c1-10(2)13(17)16-7-4-11(5-8-16)15-12-3-6-14-9-12/h10-12,14-15H,3-9H2,1-2H3. The van der Waals surface area contributed by atoms with Crippen molar-refractivity contribution in [2.75, 3.05) is 26.2 Å². The average molecular weight is 239 g/mol. The van der Waals surface area contributed by atoms with Crippen LogP contribution in [0.4, 0.5) is 0 Å². The molecule has 4 heteroatoms. The third-order valence-electron chi connectivity index (χ3n) is 3.83. The van der Waals surface area contributed by atoms with Gasteiger partial charge in [0.15, 0.2) is 0 Å². The van der Waals surface area contributed by atoms with E-state index in [9.17, 15) is 4.79 Å². The summed E-state index contributed by atoms with van der Waals surface area (Å²) in [6, 6.07) is 1.25. The van der Waals surface area contributed by atoms with Gasteiger partial charge in [0, 0.05) is 37.6 Å². The first-order chi connectivity index (χ1) is 8.16. The molecule has 0 aromatic rings. The van der Waals surface area contributed by atoms with Crippen LogP contribution in [-0.4, -0.2) is 49.1 Å². The number of hydrogen-bond acceptors (Lipinski definition) is 3. The monoisotopic (exact) mass is 239 g/mol. The fraction of sp³-hybridized carbons (Fsp3) is 0.923. The Bertz CT molecular complexity index is 253. The zero-order valence-corrected chi connectivity index (χ0v) is 11.0. The summed E-state index contributed by atoms with van der Waals surface area (Å²) in [5.41, 5.74) is 0. The first-order valence-electron chi connectivity index (χ1n) is 6.92. The molecular weight excluding hydrogens is 214 g/mol. The molecule has 0 saturated carbocycles. The molecule has 2 aliphatic heterocycles. The molecule has 2 saturated heterocycles. The van der Waals surface area contributed by atoms with Crippen molar-refractivity contribution in [3.05, 3.63) is 0 Å². The molecule has 4 nitrogen and oxygen atoms in total. The SMILES string of the molecule is CC(C)C(=O)N1CCC(NC2CCNC2)CC1. The number of nitrogens with one attached hydrogen (secondary N) is 2. The Morgan fingerprint density at radius 3 is 2.47 bits per heavy atom. The molecule has 0 aliphatic carbocycles. The molecule has 98 valence electrons. The Hall–Kier alpha value is -0.610. The molecule has 17 heavy (non-hydrogen) atoms. The van der Waals surface area contributed by atoms with Gasteiger partial charge in [-0.15, -0.1) is 0 Å². The van der Waals surface area contributed by atoms with E-state index in [2.05, 4.69) is 10.6 Å². The van der Waals surface area contributed by atoms with Crippen molar-refractivity contribution >= 4 is 5.91 Å². The van der Waals surface area contributed by atoms with Crippen molar-refractivity contribution in [2.24, 2.45) is 5.92 Å². The molecule has 0 radical (unpaired) electrons. The van der Waals surface area contributed by atoms with Gasteiger partial charge in [0.1, 0.15) is 0 Å². The summed E-state index contributed by atoms with van der Waals surface area (Å²) in [7, 11) is 0. The number of likely N-dealkylation sites (tertiary alicyclic amines) is 1. The normalized spacial score (nSPS) is 26.8. The Balaban J connectivity index is 1.72. The van der Waals surface area contributed by atoms with E-state index in [-0.39, 0.29) is 5.92 Å². The van der Waals surface area contributed by atoms with Gasteiger partial charge >= 0.3 is 0 Å². The zero-order valence-electron chi connectivity index (χ0n) is 11.0. The van der Waals surface area contributed by atoms with Crippen LogP contribution in [0.25, 0.3) is 0 Å². The average Bonchev–Trinajstić information content (AvgIpc) is 2.82. The van der Waals surface area contributed by atoms with Crippen LogP contribution in [0.3, 0.4) is 0 Å². The van der Waals surface area contributed by atoms with E-state index in [4.69, 9.17) is 0 Å². The van der Waals surface area contributed by atoms with Gasteiger partial charge < -0.3 is 15.5 Å². The molecule has 1 unspecified atom stereocenters. The van der Waals surface area contributed by atoms with Crippen molar-refractivity contribution in [3.8, 4) is 0 Å². The quantitative estimate of drug-likeness (QED) is 0.757. The first-order valence-corrected chi connectivity index (χ1v) is 6.92. The Kier molecular flexibility index (Phi) is 4.40. The number of piperidine rings is 1. The number of carbonyl (C=O) groups excluding carboxylic acids is 1. The minimum atomic E-state index is 0.138. The van der Waals surface area contributed by atoms with Crippen LogP contribution in [0.1, 0.15) is 33.1 Å². The van der Waals surface area contributed by atoms with E-state index in [0.717, 1.165) is 39.0 Å². The molecular formula is C13H25N3O. The molecule has 0 aromatic heterocycles. The predicted octanol–water partition coefficient (Wildman–Crippen LogP) is 0.585. The zero-order chi connectivity index (χ0) is 12.3. The van der Waals surface area contributed by atoms with Gasteiger partial charge in [-0.1, -0.05) is 13.8 Å². The lowest BCUT2D eigenvalue weighted by molar-refractivity contribution is -0.135. The van der Waals surface area contributed by atoms with Crippen molar-refractivity contribution in [1.82, 2.24) is 15.5 Å². The summed E-state index contributed by atoms with van der Waals surface area (Å²) in [6.07, 6.45) is 3.45. The molecule has 0 bridgehead atoms. The number of amides is 1. The predicted molar refractivity (Wildman–Crippen MR) is 68.9 cm³/mol. The van der Waals surface area contributed by atoms with Crippen LogP contribution < -0.4 is 10.6 Å². The number of rotatable bonds is 3. The second-order valence-corrected chi connectivity index (χ2v) is 5.61. The summed E-state index contributed by atoms with van der Waals surface area (Å²) in [6.45, 7) is 8.06. The highest BCUT2D eigenvalue weighted by atomic mass is 16.2. The molecule has 1 amide bonds. The van der Waals surface area contributed by atoms with Crippen molar-refractivity contribution in [3.63, 3.8) is 0 Å². The maximum absolute atomic E-state index is 11.8. The molecule has 2 heterocycles. The largest absolute Gasteiger partial charge is 0.342 e. The van der Waals surface area contributed by atoms with E-state index in [0.29, 0.717) is 18.0 Å². The molecule has 0 aromatic carbocycles. The molecule has 2 rings (SSSR count). The fourth-order valence-corrected chi connectivity index (χ4v) is 2.76. The van der Waals surface area contributed by atoms with Gasteiger partial charge in [0.05, 0.1) is 0 Å². The summed E-state index contributed by atoms with van der Waals surface area (Å²) >= 11 is 0. The maximum atomic E-state index is 11.8. The van der Waals surface area contributed by atoms with Gasteiger partial charge in [0.2, 0.25) is 5.91 Å². The molecule has 0 spiro atoms. The maximum Gasteiger partial charge on any atom is 0.225 e. The lowest BCUT2D eigenvalue weighted by Gasteiger charge is -2.34. The van der Waals surface area contributed by atoms with Gasteiger partial charge in [-0.25, -0.2) is 0 Å². The van der Waals surface area contributed by atoms with Crippen molar-refractivity contribution in [2.45, 2.75) is 45.2 Å². The van der Waals surface area contributed by atoms with Crippen molar-refractivity contribution < 1.29 is 4.79 Å². The van der Waals surface area contributed by atoms with Crippen LogP contribution in [0.5, 0.6) is 0 Å². The van der Waals surface area contributed by atoms with Gasteiger partial charge in [0.25, 0.3) is 0 Å². The highest BCUT2D eigenvalue weighted by Gasteiger charge is 2.26.